The van der Waals surface area contributed by atoms with E-state index in [1.165, 1.54) is 17.7 Å². The lowest BCUT2D eigenvalue weighted by atomic mass is 9.82. The minimum atomic E-state index is -0.667. The molecule has 0 saturated heterocycles. The summed E-state index contributed by atoms with van der Waals surface area (Å²) in [6.45, 7) is 6.44. The number of hydrogen-bond acceptors (Lipinski definition) is 4. The zero-order valence-electron chi connectivity index (χ0n) is 13.0. The van der Waals surface area contributed by atoms with Gasteiger partial charge in [0.1, 0.15) is 22.8 Å². The number of carbonyl (C=O) groups excluding carboxylic acids is 1. The molecule has 0 radical (unpaired) electrons. The zero-order valence-corrected chi connectivity index (χ0v) is 13.0. The first-order valence-corrected chi connectivity index (χ1v) is 7.18. The first kappa shape index (κ1) is 15.9. The molecule has 22 heavy (non-hydrogen) atoms. The number of hydrogen-bond donors (Lipinski definition) is 2. The van der Waals surface area contributed by atoms with Gasteiger partial charge in [0.15, 0.2) is 0 Å². The minimum Gasteiger partial charge on any atom is -0.508 e. The molecule has 0 spiro atoms. The Labute approximate surface area is 130 Å². The molecular weight excluding hydrogens is 280 g/mol. The summed E-state index contributed by atoms with van der Waals surface area (Å²) in [7, 11) is 0. The predicted octanol–water partition coefficient (Wildman–Crippen LogP) is 4.00. The third kappa shape index (κ3) is 3.39. The van der Waals surface area contributed by atoms with E-state index in [1.807, 2.05) is 12.1 Å². The normalized spacial score (nSPS) is 11.2. The van der Waals surface area contributed by atoms with Crippen molar-refractivity contribution in [3.63, 3.8) is 0 Å². The molecule has 0 saturated carbocycles. The molecule has 0 aromatic heterocycles. The van der Waals surface area contributed by atoms with E-state index in [4.69, 9.17) is 4.74 Å². The van der Waals surface area contributed by atoms with Crippen LogP contribution in [0, 0.1) is 0 Å². The van der Waals surface area contributed by atoms with Gasteiger partial charge in [0.25, 0.3) is 0 Å². The maximum atomic E-state index is 12.0. The van der Waals surface area contributed by atoms with Crippen LogP contribution < -0.4 is 4.74 Å². The molecule has 0 amide bonds. The second-order valence-electron chi connectivity index (χ2n) is 5.85. The lowest BCUT2D eigenvalue weighted by Gasteiger charge is -2.23. The highest BCUT2D eigenvalue weighted by molar-refractivity contribution is 5.94. The van der Waals surface area contributed by atoms with Gasteiger partial charge in [-0.3, -0.25) is 0 Å². The average Bonchev–Trinajstić information content (AvgIpc) is 2.47. The summed E-state index contributed by atoms with van der Waals surface area (Å²) in [5.74, 6) is -0.679. The van der Waals surface area contributed by atoms with E-state index in [2.05, 4.69) is 20.8 Å². The van der Waals surface area contributed by atoms with Gasteiger partial charge in [-0.2, -0.15) is 0 Å². The number of ether oxygens (including phenoxy) is 1. The molecule has 0 atom stereocenters. The fourth-order valence-corrected chi connectivity index (χ4v) is 2.03. The molecule has 0 unspecified atom stereocenters. The summed E-state index contributed by atoms with van der Waals surface area (Å²) in [6.07, 6.45) is 1.01. The highest BCUT2D eigenvalue weighted by Gasteiger charge is 2.18. The number of aromatic hydroxyl groups is 2. The van der Waals surface area contributed by atoms with Gasteiger partial charge < -0.3 is 14.9 Å². The number of carbonyl (C=O) groups is 1. The quantitative estimate of drug-likeness (QED) is 0.661. The summed E-state index contributed by atoms with van der Waals surface area (Å²) in [5.41, 5.74) is 1.25. The van der Waals surface area contributed by atoms with Crippen molar-refractivity contribution in [2.45, 2.75) is 32.6 Å². The van der Waals surface area contributed by atoms with Crippen LogP contribution in [0.4, 0.5) is 0 Å². The van der Waals surface area contributed by atoms with Crippen LogP contribution in [-0.4, -0.2) is 16.2 Å². The Kier molecular flexibility index (Phi) is 4.40. The second kappa shape index (κ2) is 6.10. The van der Waals surface area contributed by atoms with Gasteiger partial charge in [0, 0.05) is 6.07 Å². The molecule has 0 aliphatic heterocycles. The Morgan fingerprint density at radius 3 is 2.27 bits per heavy atom. The summed E-state index contributed by atoms with van der Waals surface area (Å²) >= 11 is 0. The average molecular weight is 300 g/mol. The maximum absolute atomic E-state index is 12.0. The molecule has 4 nitrogen and oxygen atoms in total. The molecule has 4 heteroatoms. The monoisotopic (exact) mass is 300 g/mol. The highest BCUT2D eigenvalue weighted by Crippen LogP contribution is 2.29. The zero-order chi connectivity index (χ0) is 16.3. The van der Waals surface area contributed by atoms with E-state index in [0.717, 1.165) is 12.5 Å². The number of phenols is 2. The summed E-state index contributed by atoms with van der Waals surface area (Å²) in [5, 5.41) is 18.9. The molecule has 0 fully saturated rings. The predicted molar refractivity (Wildman–Crippen MR) is 84.5 cm³/mol. The Bertz CT molecular complexity index is 672. The summed E-state index contributed by atoms with van der Waals surface area (Å²) < 4.78 is 5.24. The van der Waals surface area contributed by atoms with Crippen molar-refractivity contribution in [2.24, 2.45) is 0 Å². The van der Waals surface area contributed by atoms with Crippen molar-refractivity contribution in [1.29, 1.82) is 0 Å². The van der Waals surface area contributed by atoms with Crippen molar-refractivity contribution >= 4 is 5.97 Å². The lowest BCUT2D eigenvalue weighted by molar-refractivity contribution is 0.0731. The summed E-state index contributed by atoms with van der Waals surface area (Å²) in [4.78, 5) is 12.0. The highest BCUT2D eigenvalue weighted by atomic mass is 16.5. The van der Waals surface area contributed by atoms with Crippen LogP contribution in [0.5, 0.6) is 17.2 Å². The molecule has 0 aliphatic rings. The van der Waals surface area contributed by atoms with Gasteiger partial charge in [-0.25, -0.2) is 4.79 Å². The fourth-order valence-electron chi connectivity index (χ4n) is 2.03. The third-order valence-electron chi connectivity index (χ3n) is 3.93. The molecular formula is C18H20O4. The number of benzene rings is 2. The van der Waals surface area contributed by atoms with E-state index >= 15 is 0 Å². The lowest BCUT2D eigenvalue weighted by Crippen LogP contribution is -2.15. The van der Waals surface area contributed by atoms with E-state index in [-0.39, 0.29) is 22.5 Å². The van der Waals surface area contributed by atoms with Crippen molar-refractivity contribution in [3.05, 3.63) is 53.6 Å². The third-order valence-corrected chi connectivity index (χ3v) is 3.93. The Hall–Kier alpha value is -2.49. The van der Waals surface area contributed by atoms with Crippen molar-refractivity contribution in [2.75, 3.05) is 0 Å². The van der Waals surface area contributed by atoms with Gasteiger partial charge >= 0.3 is 5.97 Å². The standard InChI is InChI=1S/C18H20O4/c1-4-18(2,3)12-5-8-14(9-6-12)22-17(21)15-10-7-13(19)11-16(15)20/h5-11,19-20H,4H2,1-3H3. The number of esters is 1. The first-order valence-electron chi connectivity index (χ1n) is 7.18. The number of phenolic OH excluding ortho intramolecular Hbond substituents is 2. The van der Waals surface area contributed by atoms with E-state index in [0.29, 0.717) is 5.75 Å². The van der Waals surface area contributed by atoms with E-state index < -0.39 is 5.97 Å². The second-order valence-corrected chi connectivity index (χ2v) is 5.85. The first-order chi connectivity index (χ1) is 10.3. The molecule has 0 heterocycles. The van der Waals surface area contributed by atoms with Gasteiger partial charge in [0.05, 0.1) is 0 Å². The SMILES string of the molecule is CCC(C)(C)c1ccc(OC(=O)c2ccc(O)cc2O)cc1. The van der Waals surface area contributed by atoms with Crippen molar-refractivity contribution in [1.82, 2.24) is 0 Å². The van der Waals surface area contributed by atoms with E-state index in [9.17, 15) is 15.0 Å². The van der Waals surface area contributed by atoms with E-state index in [1.54, 1.807) is 12.1 Å². The minimum absolute atomic E-state index is 0.00997. The van der Waals surface area contributed by atoms with Gasteiger partial charge in [-0.1, -0.05) is 32.9 Å². The molecule has 2 aromatic carbocycles. The van der Waals surface area contributed by atoms with Crippen LogP contribution in [0.25, 0.3) is 0 Å². The molecule has 2 rings (SSSR count). The van der Waals surface area contributed by atoms with Crippen molar-refractivity contribution < 1.29 is 19.7 Å². The summed E-state index contributed by atoms with van der Waals surface area (Å²) in [6, 6.07) is 11.1. The van der Waals surface area contributed by atoms with Crippen LogP contribution >= 0.6 is 0 Å². The van der Waals surface area contributed by atoms with Gasteiger partial charge in [0.2, 0.25) is 0 Å². The molecule has 0 aliphatic carbocycles. The van der Waals surface area contributed by atoms with Crippen LogP contribution in [0.1, 0.15) is 43.1 Å². The smallest absolute Gasteiger partial charge is 0.347 e. The molecule has 116 valence electrons. The Balaban J connectivity index is 2.15. The molecule has 2 N–H and O–H groups in total. The topological polar surface area (TPSA) is 66.8 Å². The Morgan fingerprint density at radius 2 is 1.73 bits per heavy atom. The fraction of sp³-hybridized carbons (Fsp3) is 0.278. The number of rotatable bonds is 4. The van der Waals surface area contributed by atoms with Crippen LogP contribution in [0.15, 0.2) is 42.5 Å². The van der Waals surface area contributed by atoms with Crippen LogP contribution in [0.2, 0.25) is 0 Å². The largest absolute Gasteiger partial charge is 0.508 e. The van der Waals surface area contributed by atoms with Crippen molar-refractivity contribution in [3.8, 4) is 17.2 Å². The molecule has 0 bridgehead atoms. The van der Waals surface area contributed by atoms with Gasteiger partial charge in [-0.05, 0) is 41.7 Å². The van der Waals surface area contributed by atoms with Crippen LogP contribution in [-0.2, 0) is 5.41 Å². The maximum Gasteiger partial charge on any atom is 0.347 e. The Morgan fingerprint density at radius 1 is 1.09 bits per heavy atom. The van der Waals surface area contributed by atoms with Gasteiger partial charge in [-0.15, -0.1) is 0 Å². The molecule has 2 aromatic rings. The van der Waals surface area contributed by atoms with Crippen LogP contribution in [0.3, 0.4) is 0 Å².